The maximum absolute atomic E-state index is 5.94. The summed E-state index contributed by atoms with van der Waals surface area (Å²) in [5, 5.41) is 0.668. The molecule has 0 heterocycles. The molecule has 0 saturated carbocycles. The monoisotopic (exact) mass is 279 g/mol. The highest BCUT2D eigenvalue weighted by Crippen LogP contribution is 2.33. The Morgan fingerprint density at radius 3 is 2.67 bits per heavy atom. The van der Waals surface area contributed by atoms with Gasteiger partial charge in [-0.3, -0.25) is 0 Å². The first-order valence-electron chi connectivity index (χ1n) is 5.54. The first-order valence-corrected chi connectivity index (χ1v) is 7.14. The lowest BCUT2D eigenvalue weighted by atomic mass is 10.2. The van der Waals surface area contributed by atoms with Crippen LogP contribution in [0.5, 0.6) is 11.5 Å². The standard InChI is InChI=1S/C14H14ClNOS/c1-18-14-5-3-2-4-13(14)17-12-7-6-11(15)8-10(12)9-16/h2-8H,9,16H2,1H3. The number of hydrogen-bond acceptors (Lipinski definition) is 3. The Kier molecular flexibility index (Phi) is 4.53. The van der Waals surface area contributed by atoms with Crippen molar-refractivity contribution in [2.24, 2.45) is 5.73 Å². The number of para-hydroxylation sites is 1. The van der Waals surface area contributed by atoms with Crippen LogP contribution in [0.15, 0.2) is 47.4 Å². The second-order valence-corrected chi connectivity index (χ2v) is 4.99. The molecule has 2 aromatic carbocycles. The van der Waals surface area contributed by atoms with E-state index in [0.29, 0.717) is 11.6 Å². The number of hydrogen-bond donors (Lipinski definition) is 1. The average molecular weight is 280 g/mol. The van der Waals surface area contributed by atoms with E-state index in [9.17, 15) is 0 Å². The molecule has 0 aliphatic carbocycles. The van der Waals surface area contributed by atoms with E-state index in [1.54, 1.807) is 17.8 Å². The van der Waals surface area contributed by atoms with E-state index >= 15 is 0 Å². The highest BCUT2D eigenvalue weighted by atomic mass is 35.5. The van der Waals surface area contributed by atoms with Crippen LogP contribution in [0.1, 0.15) is 5.56 Å². The van der Waals surface area contributed by atoms with E-state index in [2.05, 4.69) is 0 Å². The molecule has 0 atom stereocenters. The van der Waals surface area contributed by atoms with Crippen LogP contribution in [0.25, 0.3) is 0 Å². The van der Waals surface area contributed by atoms with Gasteiger partial charge in [0.15, 0.2) is 0 Å². The molecule has 0 saturated heterocycles. The van der Waals surface area contributed by atoms with Gasteiger partial charge in [-0.15, -0.1) is 11.8 Å². The number of ether oxygens (including phenoxy) is 1. The van der Waals surface area contributed by atoms with Gasteiger partial charge in [-0.25, -0.2) is 0 Å². The van der Waals surface area contributed by atoms with Crippen LogP contribution in [0.4, 0.5) is 0 Å². The Labute approximate surface area is 116 Å². The molecular formula is C14H14ClNOS. The normalized spacial score (nSPS) is 10.4. The van der Waals surface area contributed by atoms with E-state index in [-0.39, 0.29) is 0 Å². The Hall–Kier alpha value is -1.16. The Bertz CT molecular complexity index is 545. The predicted octanol–water partition coefficient (Wildman–Crippen LogP) is 4.31. The summed E-state index contributed by atoms with van der Waals surface area (Å²) >= 11 is 7.59. The fraction of sp³-hybridized carbons (Fsp3) is 0.143. The van der Waals surface area contributed by atoms with Gasteiger partial charge in [0, 0.05) is 22.0 Å². The Morgan fingerprint density at radius 2 is 1.94 bits per heavy atom. The van der Waals surface area contributed by atoms with E-state index in [4.69, 9.17) is 22.1 Å². The lowest BCUT2D eigenvalue weighted by molar-refractivity contribution is 0.465. The molecule has 18 heavy (non-hydrogen) atoms. The quantitative estimate of drug-likeness (QED) is 0.847. The van der Waals surface area contributed by atoms with E-state index in [1.807, 2.05) is 42.7 Å². The second kappa shape index (κ2) is 6.14. The molecule has 2 nitrogen and oxygen atoms in total. The molecule has 94 valence electrons. The number of nitrogens with two attached hydrogens (primary N) is 1. The van der Waals surface area contributed by atoms with E-state index in [1.165, 1.54) is 0 Å². The zero-order valence-corrected chi connectivity index (χ0v) is 11.6. The van der Waals surface area contributed by atoms with Crippen LogP contribution in [0.3, 0.4) is 0 Å². The Morgan fingerprint density at radius 1 is 1.17 bits per heavy atom. The first-order chi connectivity index (χ1) is 8.74. The van der Waals surface area contributed by atoms with Crippen LogP contribution in [-0.2, 0) is 6.54 Å². The highest BCUT2D eigenvalue weighted by Gasteiger charge is 2.07. The number of benzene rings is 2. The van der Waals surface area contributed by atoms with Gasteiger partial charge in [-0.2, -0.15) is 0 Å². The predicted molar refractivity (Wildman–Crippen MR) is 77.6 cm³/mol. The van der Waals surface area contributed by atoms with Crippen molar-refractivity contribution in [2.75, 3.05) is 6.26 Å². The maximum atomic E-state index is 5.94. The summed E-state index contributed by atoms with van der Waals surface area (Å²) in [5.74, 6) is 1.59. The summed E-state index contributed by atoms with van der Waals surface area (Å²) < 4.78 is 5.92. The molecule has 2 aromatic rings. The van der Waals surface area contributed by atoms with Crippen molar-refractivity contribution in [3.05, 3.63) is 53.1 Å². The molecule has 2 N–H and O–H groups in total. The molecule has 2 rings (SSSR count). The Balaban J connectivity index is 2.33. The summed E-state index contributed by atoms with van der Waals surface area (Å²) in [6.07, 6.45) is 2.02. The van der Waals surface area contributed by atoms with Crippen LogP contribution < -0.4 is 10.5 Å². The molecule has 0 radical (unpaired) electrons. The van der Waals surface area contributed by atoms with Crippen LogP contribution in [0.2, 0.25) is 5.02 Å². The van der Waals surface area contributed by atoms with E-state index in [0.717, 1.165) is 22.0 Å². The van der Waals surface area contributed by atoms with Gasteiger partial charge in [-0.1, -0.05) is 23.7 Å². The highest BCUT2D eigenvalue weighted by molar-refractivity contribution is 7.98. The minimum absolute atomic E-state index is 0.400. The average Bonchev–Trinajstić information content (AvgIpc) is 2.41. The fourth-order valence-electron chi connectivity index (χ4n) is 1.63. The maximum Gasteiger partial charge on any atom is 0.140 e. The van der Waals surface area contributed by atoms with Crippen molar-refractivity contribution in [1.29, 1.82) is 0 Å². The molecule has 0 bridgehead atoms. The molecule has 0 aromatic heterocycles. The number of thioether (sulfide) groups is 1. The first kappa shape index (κ1) is 13.3. The number of rotatable bonds is 4. The smallest absolute Gasteiger partial charge is 0.140 e. The summed E-state index contributed by atoms with van der Waals surface area (Å²) in [5.41, 5.74) is 6.60. The molecule has 0 unspecified atom stereocenters. The topological polar surface area (TPSA) is 35.2 Å². The van der Waals surface area contributed by atoms with Crippen LogP contribution >= 0.6 is 23.4 Å². The van der Waals surface area contributed by atoms with Crippen molar-refractivity contribution in [2.45, 2.75) is 11.4 Å². The van der Waals surface area contributed by atoms with Crippen molar-refractivity contribution >= 4 is 23.4 Å². The lowest BCUT2D eigenvalue weighted by Gasteiger charge is -2.12. The van der Waals surface area contributed by atoms with Gasteiger partial charge in [0.05, 0.1) is 0 Å². The third-order valence-corrected chi connectivity index (χ3v) is 3.54. The van der Waals surface area contributed by atoms with Gasteiger partial charge in [0.25, 0.3) is 0 Å². The minimum atomic E-state index is 0.400. The molecule has 0 amide bonds. The summed E-state index contributed by atoms with van der Waals surface area (Å²) in [4.78, 5) is 1.09. The second-order valence-electron chi connectivity index (χ2n) is 3.71. The zero-order chi connectivity index (χ0) is 13.0. The summed E-state index contributed by atoms with van der Waals surface area (Å²) in [7, 11) is 0. The van der Waals surface area contributed by atoms with Crippen molar-refractivity contribution in [1.82, 2.24) is 0 Å². The number of halogens is 1. The largest absolute Gasteiger partial charge is 0.456 e. The van der Waals surface area contributed by atoms with Crippen LogP contribution in [0, 0.1) is 0 Å². The van der Waals surface area contributed by atoms with E-state index < -0.39 is 0 Å². The lowest BCUT2D eigenvalue weighted by Crippen LogP contribution is -1.99. The van der Waals surface area contributed by atoms with Gasteiger partial charge < -0.3 is 10.5 Å². The van der Waals surface area contributed by atoms with Crippen LogP contribution in [-0.4, -0.2) is 6.26 Å². The molecule has 0 spiro atoms. The summed E-state index contributed by atoms with van der Waals surface area (Å²) in [6.45, 7) is 0.400. The SMILES string of the molecule is CSc1ccccc1Oc1ccc(Cl)cc1CN. The van der Waals surface area contributed by atoms with Crippen molar-refractivity contribution in [3.8, 4) is 11.5 Å². The summed E-state index contributed by atoms with van der Waals surface area (Å²) in [6, 6.07) is 13.4. The van der Waals surface area contributed by atoms with Gasteiger partial charge in [-0.05, 0) is 36.6 Å². The van der Waals surface area contributed by atoms with Gasteiger partial charge in [0.1, 0.15) is 11.5 Å². The van der Waals surface area contributed by atoms with Crippen molar-refractivity contribution in [3.63, 3.8) is 0 Å². The molecule has 0 aliphatic rings. The molecule has 0 fully saturated rings. The third kappa shape index (κ3) is 2.99. The molecule has 4 heteroatoms. The minimum Gasteiger partial charge on any atom is -0.456 e. The third-order valence-electron chi connectivity index (χ3n) is 2.53. The van der Waals surface area contributed by atoms with Gasteiger partial charge in [0.2, 0.25) is 0 Å². The molecular weight excluding hydrogens is 266 g/mol. The zero-order valence-electron chi connectivity index (χ0n) is 10.0. The molecule has 0 aliphatic heterocycles. The van der Waals surface area contributed by atoms with Gasteiger partial charge >= 0.3 is 0 Å². The van der Waals surface area contributed by atoms with Crippen molar-refractivity contribution < 1.29 is 4.74 Å². The fourth-order valence-corrected chi connectivity index (χ4v) is 2.35.